The lowest BCUT2D eigenvalue weighted by molar-refractivity contribution is 0.114. The second-order valence-corrected chi connectivity index (χ2v) is 10.3. The number of pyridine rings is 1. The Labute approximate surface area is 248 Å². The largest absolute Gasteiger partial charge is 0.495 e. The first-order chi connectivity index (χ1) is 19.9. The average Bonchev–Trinajstić information content (AvgIpc) is 2.98. The van der Waals surface area contributed by atoms with Crippen LogP contribution < -0.4 is 30.6 Å². The molecule has 0 spiro atoms. The molecule has 1 saturated heterocycles. The lowest BCUT2D eigenvalue weighted by Gasteiger charge is -2.29. The minimum atomic E-state index is 0.193. The van der Waals surface area contributed by atoms with E-state index in [0.717, 1.165) is 31.7 Å². The summed E-state index contributed by atoms with van der Waals surface area (Å²) < 4.78 is 16.9. The normalized spacial score (nSPS) is 14.0. The van der Waals surface area contributed by atoms with Crippen molar-refractivity contribution in [3.05, 3.63) is 65.0 Å². The Morgan fingerprint density at radius 2 is 1.66 bits per heavy atom. The maximum absolute atomic E-state index is 6.58. The molecule has 4 aromatic rings. The molecular weight excluding hydrogens is 565 g/mol. The summed E-state index contributed by atoms with van der Waals surface area (Å²) >= 11 is 13.2. The molecule has 0 saturated carbocycles. The van der Waals surface area contributed by atoms with E-state index in [0.29, 0.717) is 61.5 Å². The van der Waals surface area contributed by atoms with Gasteiger partial charge in [0.2, 0.25) is 0 Å². The van der Waals surface area contributed by atoms with Gasteiger partial charge in [-0.05, 0) is 44.2 Å². The van der Waals surface area contributed by atoms with Crippen molar-refractivity contribution in [2.24, 2.45) is 0 Å². The van der Waals surface area contributed by atoms with E-state index in [2.05, 4.69) is 37.5 Å². The maximum atomic E-state index is 6.58. The molecule has 2 aromatic heterocycles. The van der Waals surface area contributed by atoms with Crippen molar-refractivity contribution in [2.45, 2.75) is 18.9 Å². The number of nitrogens with two attached hydrogens (primary N) is 1. The Morgan fingerprint density at radius 1 is 0.927 bits per heavy atom. The highest BCUT2D eigenvalue weighted by molar-refractivity contribution is 6.41. The maximum Gasteiger partial charge on any atom is 0.143 e. The molecule has 4 N–H and O–H groups in total. The van der Waals surface area contributed by atoms with Gasteiger partial charge in [0.1, 0.15) is 51.4 Å². The lowest BCUT2D eigenvalue weighted by Crippen LogP contribution is -2.35. The van der Waals surface area contributed by atoms with Gasteiger partial charge in [-0.1, -0.05) is 23.2 Å². The zero-order valence-electron chi connectivity index (χ0n) is 22.9. The van der Waals surface area contributed by atoms with E-state index < -0.39 is 0 Å². The molecule has 0 aliphatic carbocycles. The molecule has 214 valence electrons. The Hall–Kier alpha value is -3.99. The molecule has 0 atom stereocenters. The van der Waals surface area contributed by atoms with Crippen molar-refractivity contribution in [1.29, 1.82) is 0 Å². The van der Waals surface area contributed by atoms with E-state index in [4.69, 9.17) is 43.1 Å². The van der Waals surface area contributed by atoms with Crippen LogP contribution in [0.2, 0.25) is 10.0 Å². The third-order valence-electron chi connectivity index (χ3n) is 6.82. The number of hydrogen-bond donors (Lipinski definition) is 3. The van der Waals surface area contributed by atoms with Crippen molar-refractivity contribution in [2.75, 3.05) is 50.7 Å². The van der Waals surface area contributed by atoms with Crippen molar-refractivity contribution in [3.63, 3.8) is 0 Å². The van der Waals surface area contributed by atoms with Crippen molar-refractivity contribution >= 4 is 51.9 Å². The van der Waals surface area contributed by atoms with Crippen LogP contribution in [-0.2, 0) is 0 Å². The SMILES string of the molecule is COc1cc(OC)c(Cl)c(Nc2ncccc2-c2cc(Nc3ccc(OC4CCN(C)CC4)cc3N)ncn2)c1Cl. The van der Waals surface area contributed by atoms with Gasteiger partial charge in [0, 0.05) is 43.0 Å². The number of methoxy groups -OCH3 is 2. The summed E-state index contributed by atoms with van der Waals surface area (Å²) in [7, 11) is 5.16. The van der Waals surface area contributed by atoms with E-state index in [1.807, 2.05) is 30.3 Å². The van der Waals surface area contributed by atoms with Gasteiger partial charge in [0.15, 0.2) is 0 Å². The minimum Gasteiger partial charge on any atom is -0.495 e. The van der Waals surface area contributed by atoms with Crippen molar-refractivity contribution in [1.82, 2.24) is 19.9 Å². The first kappa shape index (κ1) is 28.5. The molecule has 41 heavy (non-hydrogen) atoms. The number of ether oxygens (including phenoxy) is 3. The van der Waals surface area contributed by atoms with Gasteiger partial charge in [0.05, 0.1) is 37.0 Å². The monoisotopic (exact) mass is 595 g/mol. The fourth-order valence-electron chi connectivity index (χ4n) is 4.56. The van der Waals surface area contributed by atoms with E-state index in [1.165, 1.54) is 20.5 Å². The van der Waals surface area contributed by atoms with Crippen LogP contribution in [0.3, 0.4) is 0 Å². The van der Waals surface area contributed by atoms with Gasteiger partial charge in [-0.15, -0.1) is 0 Å². The first-order valence-corrected chi connectivity index (χ1v) is 13.8. The Balaban J connectivity index is 1.37. The molecule has 0 bridgehead atoms. The number of hydrogen-bond acceptors (Lipinski definition) is 10. The Morgan fingerprint density at radius 3 is 2.34 bits per heavy atom. The van der Waals surface area contributed by atoms with Crippen LogP contribution in [0.4, 0.5) is 28.7 Å². The smallest absolute Gasteiger partial charge is 0.143 e. The van der Waals surface area contributed by atoms with E-state index in [1.54, 1.807) is 18.3 Å². The summed E-state index contributed by atoms with van der Waals surface area (Å²) in [4.78, 5) is 15.7. The molecule has 10 nitrogen and oxygen atoms in total. The zero-order chi connectivity index (χ0) is 28.9. The van der Waals surface area contributed by atoms with Crippen molar-refractivity contribution in [3.8, 4) is 28.5 Å². The minimum absolute atomic E-state index is 0.193. The number of nitrogen functional groups attached to an aromatic ring is 1. The molecule has 1 fully saturated rings. The number of benzene rings is 2. The highest BCUT2D eigenvalue weighted by atomic mass is 35.5. The lowest BCUT2D eigenvalue weighted by atomic mass is 10.1. The number of halogens is 2. The topological polar surface area (TPSA) is 120 Å². The summed E-state index contributed by atoms with van der Waals surface area (Å²) in [5, 5.41) is 7.09. The molecule has 0 unspecified atom stereocenters. The second kappa shape index (κ2) is 12.7. The van der Waals surface area contributed by atoms with Crippen LogP contribution in [0.5, 0.6) is 17.2 Å². The van der Waals surface area contributed by atoms with E-state index in [9.17, 15) is 0 Å². The zero-order valence-corrected chi connectivity index (χ0v) is 24.5. The highest BCUT2D eigenvalue weighted by Gasteiger charge is 2.20. The molecule has 12 heteroatoms. The van der Waals surface area contributed by atoms with Crippen LogP contribution >= 0.6 is 23.2 Å². The van der Waals surface area contributed by atoms with Crippen molar-refractivity contribution < 1.29 is 14.2 Å². The predicted octanol–water partition coefficient (Wildman–Crippen LogP) is 6.41. The summed E-state index contributed by atoms with van der Waals surface area (Å²) in [6.07, 6.45) is 5.31. The molecule has 0 radical (unpaired) electrons. The summed E-state index contributed by atoms with van der Waals surface area (Å²) in [6, 6.07) is 12.8. The number of piperidine rings is 1. The first-order valence-electron chi connectivity index (χ1n) is 13.0. The molecular formula is C29H31Cl2N7O3. The molecule has 2 aromatic carbocycles. The summed E-state index contributed by atoms with van der Waals surface area (Å²) in [6.45, 7) is 2.05. The quantitative estimate of drug-likeness (QED) is 0.187. The van der Waals surface area contributed by atoms with Gasteiger partial charge in [-0.2, -0.15) is 0 Å². The second-order valence-electron chi connectivity index (χ2n) is 9.59. The summed E-state index contributed by atoms with van der Waals surface area (Å²) in [5.74, 6) is 2.60. The third-order valence-corrected chi connectivity index (χ3v) is 7.57. The fraction of sp³-hybridized carbons (Fsp3) is 0.276. The Bertz CT molecular complexity index is 1500. The highest BCUT2D eigenvalue weighted by Crippen LogP contribution is 2.45. The van der Waals surface area contributed by atoms with Gasteiger partial charge >= 0.3 is 0 Å². The standard InChI is InChI=1S/C29H31Cl2N7O3/c1-38-11-8-17(9-12-38)41-18-6-7-21(20(32)13-18)36-25-14-22(34-16-35-25)19-5-4-10-33-29(19)37-28-26(30)23(39-2)15-24(40-3)27(28)31/h4-7,10,13-17H,8-9,11-12,32H2,1-3H3,(H,33,37)(H,34,35,36). The van der Waals surface area contributed by atoms with Crippen LogP contribution in [0.1, 0.15) is 12.8 Å². The number of anilines is 5. The van der Waals surface area contributed by atoms with Gasteiger partial charge < -0.3 is 35.5 Å². The predicted molar refractivity (Wildman–Crippen MR) is 163 cm³/mol. The third kappa shape index (κ3) is 6.51. The number of nitrogens with zero attached hydrogens (tertiary/aromatic N) is 4. The van der Waals surface area contributed by atoms with Gasteiger partial charge in [-0.3, -0.25) is 0 Å². The molecule has 0 amide bonds. The molecule has 1 aliphatic rings. The summed E-state index contributed by atoms with van der Waals surface area (Å²) in [5.41, 5.74) is 9.33. The van der Waals surface area contributed by atoms with Crippen LogP contribution in [0.15, 0.2) is 55.0 Å². The number of aromatic nitrogens is 3. The van der Waals surface area contributed by atoms with Crippen LogP contribution in [0, 0.1) is 0 Å². The van der Waals surface area contributed by atoms with Gasteiger partial charge in [-0.25, -0.2) is 15.0 Å². The van der Waals surface area contributed by atoms with Gasteiger partial charge in [0.25, 0.3) is 0 Å². The Kier molecular flexibility index (Phi) is 8.82. The molecule has 3 heterocycles. The van der Waals surface area contributed by atoms with Crippen LogP contribution in [0.25, 0.3) is 11.3 Å². The number of likely N-dealkylation sites (tertiary alicyclic amines) is 1. The van der Waals surface area contributed by atoms with Crippen LogP contribution in [-0.4, -0.2) is 60.3 Å². The number of rotatable bonds is 9. The number of nitrogens with one attached hydrogen (secondary N) is 2. The van der Waals surface area contributed by atoms with E-state index >= 15 is 0 Å². The van der Waals surface area contributed by atoms with E-state index in [-0.39, 0.29) is 6.10 Å². The fourth-order valence-corrected chi connectivity index (χ4v) is 5.15. The molecule has 5 rings (SSSR count). The molecule has 1 aliphatic heterocycles. The average molecular weight is 597 g/mol.